The van der Waals surface area contributed by atoms with E-state index in [1.165, 1.54) is 6.92 Å². The highest BCUT2D eigenvalue weighted by atomic mass is 19.1. The Kier molecular flexibility index (Phi) is 4.94. The Balaban J connectivity index is 2.24. The third-order valence-electron chi connectivity index (χ3n) is 3.45. The number of aromatic nitrogens is 3. The molecule has 0 aliphatic carbocycles. The highest BCUT2D eigenvalue weighted by Gasteiger charge is 2.18. The molecule has 0 saturated heterocycles. The molecule has 1 aromatic carbocycles. The zero-order valence-electron chi connectivity index (χ0n) is 13.5. The van der Waals surface area contributed by atoms with Crippen LogP contribution in [0.15, 0.2) is 54.9 Å². The van der Waals surface area contributed by atoms with Crippen LogP contribution in [0.5, 0.6) is 0 Å². The summed E-state index contributed by atoms with van der Waals surface area (Å²) in [6.45, 7) is 0.554. The number of pyridine rings is 1. The molecule has 7 heteroatoms. The van der Waals surface area contributed by atoms with Crippen molar-refractivity contribution in [2.45, 2.75) is 13.6 Å². The van der Waals surface area contributed by atoms with Gasteiger partial charge in [-0.1, -0.05) is 30.3 Å². The molecule has 2 aromatic heterocycles. The smallest absolute Gasteiger partial charge is 0.235 e. The Morgan fingerprint density at radius 1 is 1.04 bits per heavy atom. The van der Waals surface area contributed by atoms with Gasteiger partial charge >= 0.3 is 0 Å². The average Bonchev–Trinajstić information content (AvgIpc) is 2.67. The van der Waals surface area contributed by atoms with E-state index in [4.69, 9.17) is 0 Å². The van der Waals surface area contributed by atoms with Gasteiger partial charge in [-0.05, 0) is 17.7 Å². The predicted molar refractivity (Wildman–Crippen MR) is 93.0 cm³/mol. The van der Waals surface area contributed by atoms with Gasteiger partial charge in [0.1, 0.15) is 6.67 Å². The summed E-state index contributed by atoms with van der Waals surface area (Å²) in [5.41, 5.74) is 8.09. The molecule has 0 bridgehead atoms. The van der Waals surface area contributed by atoms with Gasteiger partial charge in [-0.3, -0.25) is 20.6 Å². The molecule has 0 atom stereocenters. The van der Waals surface area contributed by atoms with Gasteiger partial charge in [0, 0.05) is 24.9 Å². The largest absolute Gasteiger partial charge is 0.281 e. The minimum atomic E-state index is -0.818. The van der Waals surface area contributed by atoms with Gasteiger partial charge in [0.15, 0.2) is 11.6 Å². The van der Waals surface area contributed by atoms with Crippen LogP contribution in [-0.4, -0.2) is 20.9 Å². The second-order valence-electron chi connectivity index (χ2n) is 5.25. The lowest BCUT2D eigenvalue weighted by Crippen LogP contribution is -2.28. The molecular weight excluding hydrogens is 321 g/mol. The summed E-state index contributed by atoms with van der Waals surface area (Å²) in [7, 11) is 0. The summed E-state index contributed by atoms with van der Waals surface area (Å²) in [5.74, 6) is 0.0695. The van der Waals surface area contributed by atoms with E-state index in [1.54, 1.807) is 24.5 Å². The molecule has 0 aliphatic heterocycles. The summed E-state index contributed by atoms with van der Waals surface area (Å²) in [4.78, 5) is 23.8. The quantitative estimate of drug-likeness (QED) is 0.699. The Labute approximate surface area is 144 Å². The summed E-state index contributed by atoms with van der Waals surface area (Å²) >= 11 is 0. The first-order valence-corrected chi connectivity index (χ1v) is 7.64. The minimum Gasteiger partial charge on any atom is -0.281 e. The molecule has 0 aliphatic rings. The van der Waals surface area contributed by atoms with E-state index in [2.05, 4.69) is 25.8 Å². The number of nitrogens with one attached hydrogen (secondary N) is 2. The number of benzene rings is 1. The molecule has 0 radical (unpaired) electrons. The van der Waals surface area contributed by atoms with Crippen molar-refractivity contribution < 1.29 is 9.18 Å². The molecule has 0 saturated carbocycles. The molecular formula is C18H16FN5O. The number of alkyl halides is 1. The molecule has 25 heavy (non-hydrogen) atoms. The van der Waals surface area contributed by atoms with Crippen LogP contribution < -0.4 is 10.9 Å². The second kappa shape index (κ2) is 7.48. The van der Waals surface area contributed by atoms with Crippen molar-refractivity contribution in [3.8, 4) is 22.4 Å². The Bertz CT molecular complexity index is 871. The number of amides is 1. The third-order valence-corrected chi connectivity index (χ3v) is 3.45. The first-order valence-electron chi connectivity index (χ1n) is 7.64. The first-order chi connectivity index (χ1) is 12.2. The number of hydrogen-bond donors (Lipinski definition) is 2. The zero-order valence-corrected chi connectivity index (χ0v) is 13.5. The highest BCUT2D eigenvalue weighted by Crippen LogP contribution is 2.35. The van der Waals surface area contributed by atoms with E-state index >= 15 is 0 Å². The number of rotatable bonds is 5. The van der Waals surface area contributed by atoms with Crippen molar-refractivity contribution in [1.82, 2.24) is 20.4 Å². The molecule has 0 fully saturated rings. The number of carbonyl (C=O) groups is 1. The van der Waals surface area contributed by atoms with Gasteiger partial charge in [-0.15, -0.1) is 0 Å². The molecule has 6 nitrogen and oxygen atoms in total. The maximum absolute atomic E-state index is 13.3. The molecule has 126 valence electrons. The fourth-order valence-corrected chi connectivity index (χ4v) is 2.40. The molecule has 3 rings (SSSR count). The molecule has 0 unspecified atom stereocenters. The average molecular weight is 337 g/mol. The van der Waals surface area contributed by atoms with Gasteiger partial charge in [0.25, 0.3) is 0 Å². The highest BCUT2D eigenvalue weighted by molar-refractivity contribution is 5.88. The monoisotopic (exact) mass is 337 g/mol. The molecule has 1 amide bonds. The van der Waals surface area contributed by atoms with Gasteiger partial charge in [-0.2, -0.15) is 0 Å². The van der Waals surface area contributed by atoms with Gasteiger partial charge in [0.2, 0.25) is 5.91 Å². The van der Waals surface area contributed by atoms with Crippen molar-refractivity contribution in [3.63, 3.8) is 0 Å². The molecule has 0 spiro atoms. The van der Waals surface area contributed by atoms with E-state index < -0.39 is 6.67 Å². The molecule has 3 aromatic rings. The Morgan fingerprint density at radius 2 is 1.76 bits per heavy atom. The SMILES string of the molecule is CC(=O)NNc1nc(CF)nc(-c2ccncc2)c1-c1ccccc1. The van der Waals surface area contributed by atoms with Crippen LogP contribution in [0.4, 0.5) is 10.2 Å². The standard InChI is InChI=1S/C18H16FN5O/c1-12(25)23-24-18-16(13-5-3-2-4-6-13)17(21-15(11-19)22-18)14-7-9-20-10-8-14/h2-10H,11H2,1H3,(H,23,25)(H,21,22,24). The lowest BCUT2D eigenvalue weighted by Gasteiger charge is -2.16. The Hall–Kier alpha value is -3.35. The number of nitrogens with zero attached hydrogens (tertiary/aromatic N) is 3. The second-order valence-corrected chi connectivity index (χ2v) is 5.25. The summed E-state index contributed by atoms with van der Waals surface area (Å²) < 4.78 is 13.3. The van der Waals surface area contributed by atoms with Gasteiger partial charge < -0.3 is 0 Å². The lowest BCUT2D eigenvalue weighted by molar-refractivity contribution is -0.118. The first kappa shape index (κ1) is 16.5. The van der Waals surface area contributed by atoms with Crippen LogP contribution >= 0.6 is 0 Å². The fourth-order valence-electron chi connectivity index (χ4n) is 2.40. The van der Waals surface area contributed by atoms with Crippen LogP contribution in [-0.2, 0) is 11.5 Å². The predicted octanol–water partition coefficient (Wildman–Crippen LogP) is 3.14. The summed E-state index contributed by atoms with van der Waals surface area (Å²) in [5, 5.41) is 0. The van der Waals surface area contributed by atoms with Crippen molar-refractivity contribution in [2.75, 3.05) is 5.43 Å². The fraction of sp³-hybridized carbons (Fsp3) is 0.111. The van der Waals surface area contributed by atoms with Crippen molar-refractivity contribution in [2.24, 2.45) is 0 Å². The number of anilines is 1. The van der Waals surface area contributed by atoms with Crippen molar-refractivity contribution in [3.05, 3.63) is 60.7 Å². The maximum atomic E-state index is 13.3. The normalized spacial score (nSPS) is 10.3. The number of carbonyl (C=O) groups excluding carboxylic acids is 1. The number of halogens is 1. The van der Waals surface area contributed by atoms with Crippen molar-refractivity contribution in [1.29, 1.82) is 0 Å². The molecule has 2 N–H and O–H groups in total. The van der Waals surface area contributed by atoms with Crippen LogP contribution in [0.1, 0.15) is 12.7 Å². The van der Waals surface area contributed by atoms with Crippen LogP contribution in [0, 0.1) is 0 Å². The van der Waals surface area contributed by atoms with Crippen LogP contribution in [0.3, 0.4) is 0 Å². The van der Waals surface area contributed by atoms with E-state index in [0.717, 1.165) is 11.1 Å². The minimum absolute atomic E-state index is 0.0272. The Morgan fingerprint density at radius 3 is 2.40 bits per heavy atom. The van der Waals surface area contributed by atoms with E-state index in [-0.39, 0.29) is 11.7 Å². The summed E-state index contributed by atoms with van der Waals surface area (Å²) in [6, 6.07) is 13.0. The zero-order chi connectivity index (χ0) is 17.6. The van der Waals surface area contributed by atoms with E-state index in [1.807, 2.05) is 30.3 Å². The topological polar surface area (TPSA) is 79.8 Å². The van der Waals surface area contributed by atoms with Crippen LogP contribution in [0.25, 0.3) is 22.4 Å². The summed E-state index contributed by atoms with van der Waals surface area (Å²) in [6.07, 6.45) is 3.28. The van der Waals surface area contributed by atoms with Crippen molar-refractivity contribution >= 4 is 11.7 Å². The van der Waals surface area contributed by atoms with Crippen LogP contribution in [0.2, 0.25) is 0 Å². The van der Waals surface area contributed by atoms with Gasteiger partial charge in [-0.25, -0.2) is 14.4 Å². The molecule has 2 heterocycles. The van der Waals surface area contributed by atoms with E-state index in [9.17, 15) is 9.18 Å². The van der Waals surface area contributed by atoms with E-state index in [0.29, 0.717) is 17.1 Å². The third kappa shape index (κ3) is 3.77. The lowest BCUT2D eigenvalue weighted by atomic mass is 10.00. The number of hydrogen-bond acceptors (Lipinski definition) is 5. The van der Waals surface area contributed by atoms with Gasteiger partial charge in [0.05, 0.1) is 11.3 Å². The maximum Gasteiger partial charge on any atom is 0.235 e. The number of hydrazine groups is 1.